The Morgan fingerprint density at radius 1 is 1.50 bits per heavy atom. The molecular weight excluding hydrogens is 298 g/mol. The quantitative estimate of drug-likeness (QED) is 0.820. The Labute approximate surface area is 115 Å². The Balaban J connectivity index is 2.83. The highest BCUT2D eigenvalue weighted by Crippen LogP contribution is 2.30. The van der Waals surface area contributed by atoms with Crippen LogP contribution < -0.4 is 4.74 Å². The van der Waals surface area contributed by atoms with Gasteiger partial charge < -0.3 is 14.7 Å². The molecule has 0 atom stereocenters. The molecule has 0 unspecified atom stereocenters. The van der Waals surface area contributed by atoms with Gasteiger partial charge in [-0.25, -0.2) is 4.79 Å². The molecule has 98 valence electrons. The van der Waals surface area contributed by atoms with Crippen LogP contribution in [0.15, 0.2) is 28.7 Å². The van der Waals surface area contributed by atoms with Crippen molar-refractivity contribution in [2.75, 3.05) is 27.2 Å². The van der Waals surface area contributed by atoms with Crippen LogP contribution in [-0.2, 0) is 4.79 Å². The number of hydrogen-bond donors (Lipinski definition) is 1. The van der Waals surface area contributed by atoms with E-state index in [4.69, 9.17) is 9.84 Å². The molecule has 0 aromatic heterocycles. The molecule has 0 aliphatic heterocycles. The Morgan fingerprint density at radius 2 is 2.22 bits per heavy atom. The number of carboxylic acids is 1. The zero-order valence-corrected chi connectivity index (χ0v) is 12.0. The second-order valence-electron chi connectivity index (χ2n) is 3.98. The summed E-state index contributed by atoms with van der Waals surface area (Å²) in [4.78, 5) is 12.5. The topological polar surface area (TPSA) is 49.8 Å². The average Bonchev–Trinajstić information content (AvgIpc) is 2.28. The lowest BCUT2D eigenvalue weighted by Crippen LogP contribution is -2.19. The second-order valence-corrected chi connectivity index (χ2v) is 4.84. The number of halogens is 1. The van der Waals surface area contributed by atoms with Gasteiger partial charge in [-0.15, -0.1) is 0 Å². The molecule has 0 saturated heterocycles. The van der Waals surface area contributed by atoms with Gasteiger partial charge in [0.15, 0.2) is 0 Å². The van der Waals surface area contributed by atoms with Crippen LogP contribution in [0.5, 0.6) is 5.75 Å². The lowest BCUT2D eigenvalue weighted by Gasteiger charge is -2.14. The summed E-state index contributed by atoms with van der Waals surface area (Å²) in [6.07, 6.45) is 2.62. The van der Waals surface area contributed by atoms with E-state index in [2.05, 4.69) is 15.9 Å². The van der Waals surface area contributed by atoms with Crippen LogP contribution in [0.25, 0.3) is 6.08 Å². The van der Waals surface area contributed by atoms with Gasteiger partial charge in [-0.2, -0.15) is 0 Å². The molecule has 0 saturated carbocycles. The fourth-order valence-electron chi connectivity index (χ4n) is 1.30. The first-order valence-electron chi connectivity index (χ1n) is 5.47. The van der Waals surface area contributed by atoms with E-state index in [9.17, 15) is 4.79 Å². The van der Waals surface area contributed by atoms with Gasteiger partial charge in [0.05, 0.1) is 4.47 Å². The summed E-state index contributed by atoms with van der Waals surface area (Å²) in [5.74, 6) is -0.314. The van der Waals surface area contributed by atoms with Crippen LogP contribution in [-0.4, -0.2) is 43.2 Å². The van der Waals surface area contributed by atoms with Crippen molar-refractivity contribution in [2.45, 2.75) is 0 Å². The molecule has 4 nitrogen and oxygen atoms in total. The molecule has 0 aliphatic rings. The van der Waals surface area contributed by atoms with Gasteiger partial charge in [-0.05, 0) is 42.2 Å². The minimum atomic E-state index is -0.978. The third-order valence-corrected chi connectivity index (χ3v) is 2.81. The summed E-state index contributed by atoms with van der Waals surface area (Å²) in [6, 6.07) is 5.52. The first-order chi connectivity index (χ1) is 8.50. The Hall–Kier alpha value is -1.33. The smallest absolute Gasteiger partial charge is 0.328 e. The maximum absolute atomic E-state index is 10.5. The van der Waals surface area contributed by atoms with E-state index in [0.29, 0.717) is 12.4 Å². The van der Waals surface area contributed by atoms with Crippen molar-refractivity contribution < 1.29 is 14.6 Å². The number of aliphatic carboxylic acids is 1. The molecule has 0 radical (unpaired) electrons. The van der Waals surface area contributed by atoms with Crippen LogP contribution in [0.4, 0.5) is 0 Å². The summed E-state index contributed by atoms with van der Waals surface area (Å²) in [6.45, 7) is 1.34. The van der Waals surface area contributed by atoms with Gasteiger partial charge in [0.1, 0.15) is 12.4 Å². The average molecular weight is 314 g/mol. The predicted molar refractivity (Wildman–Crippen MR) is 74.9 cm³/mol. The Morgan fingerprint density at radius 3 is 2.83 bits per heavy atom. The van der Waals surface area contributed by atoms with E-state index >= 15 is 0 Å². The fraction of sp³-hybridized carbons (Fsp3) is 0.308. The van der Waals surface area contributed by atoms with Crippen LogP contribution >= 0.6 is 15.9 Å². The van der Waals surface area contributed by atoms with E-state index in [1.807, 2.05) is 37.2 Å². The first-order valence-corrected chi connectivity index (χ1v) is 6.27. The number of likely N-dealkylation sites (N-methyl/N-ethyl adjacent to an activating group) is 1. The summed E-state index contributed by atoms with van der Waals surface area (Å²) < 4.78 is 6.49. The summed E-state index contributed by atoms with van der Waals surface area (Å²) in [5, 5.41) is 8.64. The van der Waals surface area contributed by atoms with Gasteiger partial charge in [-0.3, -0.25) is 0 Å². The van der Waals surface area contributed by atoms with Crippen molar-refractivity contribution in [1.29, 1.82) is 0 Å². The Bertz CT molecular complexity index is 444. The fourth-order valence-corrected chi connectivity index (χ4v) is 1.80. The molecule has 0 spiro atoms. The normalized spacial score (nSPS) is 11.1. The predicted octanol–water partition coefficient (Wildman–Crippen LogP) is 2.49. The maximum Gasteiger partial charge on any atom is 0.328 e. The molecular formula is C13H16BrNO3. The highest BCUT2D eigenvalue weighted by atomic mass is 79.9. The van der Waals surface area contributed by atoms with E-state index in [1.54, 1.807) is 0 Å². The van der Waals surface area contributed by atoms with Crippen molar-refractivity contribution >= 4 is 28.0 Å². The zero-order chi connectivity index (χ0) is 13.5. The molecule has 0 heterocycles. The highest BCUT2D eigenvalue weighted by molar-refractivity contribution is 9.10. The minimum Gasteiger partial charge on any atom is -0.490 e. The van der Waals surface area contributed by atoms with Crippen molar-refractivity contribution in [3.63, 3.8) is 0 Å². The molecule has 1 aromatic carbocycles. The third-order valence-electron chi connectivity index (χ3n) is 2.19. The minimum absolute atomic E-state index is 0.545. The number of para-hydroxylation sites is 1. The number of benzene rings is 1. The van der Waals surface area contributed by atoms with Crippen molar-refractivity contribution in [1.82, 2.24) is 4.90 Å². The van der Waals surface area contributed by atoms with E-state index in [-0.39, 0.29) is 0 Å². The van der Waals surface area contributed by atoms with E-state index in [1.165, 1.54) is 6.08 Å². The standard InChI is InChI=1S/C13H16BrNO3/c1-15(2)8-9-18-13-10(6-7-12(16)17)4-3-5-11(13)14/h3-7H,8-9H2,1-2H3,(H,16,17)/b7-6+. The van der Waals surface area contributed by atoms with Crippen molar-refractivity contribution in [3.05, 3.63) is 34.3 Å². The van der Waals surface area contributed by atoms with E-state index < -0.39 is 5.97 Å². The second kappa shape index (κ2) is 7.18. The Kier molecular flexibility index (Phi) is 5.88. The van der Waals surface area contributed by atoms with Gasteiger partial charge >= 0.3 is 5.97 Å². The maximum atomic E-state index is 10.5. The van der Waals surface area contributed by atoms with E-state index in [0.717, 1.165) is 22.7 Å². The summed E-state index contributed by atoms with van der Waals surface area (Å²) in [5.41, 5.74) is 0.741. The largest absolute Gasteiger partial charge is 0.490 e. The first kappa shape index (κ1) is 14.7. The zero-order valence-electron chi connectivity index (χ0n) is 10.4. The van der Waals surface area contributed by atoms with Crippen LogP contribution in [0.1, 0.15) is 5.56 Å². The number of rotatable bonds is 6. The molecule has 1 rings (SSSR count). The molecule has 0 bridgehead atoms. The molecule has 5 heteroatoms. The molecule has 0 fully saturated rings. The van der Waals surface area contributed by atoms with Crippen molar-refractivity contribution in [3.8, 4) is 5.75 Å². The SMILES string of the molecule is CN(C)CCOc1c(Br)cccc1/C=C/C(=O)O. The molecule has 18 heavy (non-hydrogen) atoms. The lowest BCUT2D eigenvalue weighted by molar-refractivity contribution is -0.131. The van der Waals surface area contributed by atoms with Crippen LogP contribution in [0.3, 0.4) is 0 Å². The molecule has 1 N–H and O–H groups in total. The number of nitrogens with zero attached hydrogens (tertiary/aromatic N) is 1. The number of ether oxygens (including phenoxy) is 1. The summed E-state index contributed by atoms with van der Waals surface area (Å²) in [7, 11) is 3.93. The van der Waals surface area contributed by atoms with Crippen LogP contribution in [0, 0.1) is 0 Å². The number of carbonyl (C=O) groups is 1. The van der Waals surface area contributed by atoms with Crippen LogP contribution in [0.2, 0.25) is 0 Å². The molecule has 0 amide bonds. The molecule has 0 aliphatic carbocycles. The molecule has 1 aromatic rings. The lowest BCUT2D eigenvalue weighted by atomic mass is 10.2. The van der Waals surface area contributed by atoms with Gasteiger partial charge in [0, 0.05) is 18.2 Å². The summed E-state index contributed by atoms with van der Waals surface area (Å²) >= 11 is 3.40. The van der Waals surface area contributed by atoms with Gasteiger partial charge in [-0.1, -0.05) is 12.1 Å². The number of hydrogen-bond acceptors (Lipinski definition) is 3. The monoisotopic (exact) mass is 313 g/mol. The number of carboxylic acid groups (broad SMARTS) is 1. The third kappa shape index (κ3) is 4.89. The van der Waals surface area contributed by atoms with Gasteiger partial charge in [0.25, 0.3) is 0 Å². The van der Waals surface area contributed by atoms with Gasteiger partial charge in [0.2, 0.25) is 0 Å². The highest BCUT2D eigenvalue weighted by Gasteiger charge is 2.06. The van der Waals surface area contributed by atoms with Crippen molar-refractivity contribution in [2.24, 2.45) is 0 Å².